The Bertz CT molecular complexity index is 747. The van der Waals surface area contributed by atoms with Gasteiger partial charge in [0.25, 0.3) is 5.69 Å². The number of amides is 1. The van der Waals surface area contributed by atoms with Gasteiger partial charge in [-0.1, -0.05) is 35.2 Å². The number of nitrogens with zero attached hydrogens (tertiary/aromatic N) is 3. The van der Waals surface area contributed by atoms with Crippen LogP contribution in [0.25, 0.3) is 0 Å². The topological polar surface area (TPSA) is 124 Å². The van der Waals surface area contributed by atoms with Gasteiger partial charge in [-0.25, -0.2) is 0 Å². The zero-order chi connectivity index (χ0) is 16.8. The van der Waals surface area contributed by atoms with Crippen LogP contribution in [0.2, 0.25) is 0 Å². The standard InChI is InChI=1S/C13H13N5O3S2/c1-2-5-15-12-16-17-13(23-12)22-7-9-4-3-8(11(14)19)6-10(9)18(20)21/h2-4,6H,1,5,7H2,(H2,14,19)(H,15,16). The van der Waals surface area contributed by atoms with E-state index in [1.165, 1.54) is 41.3 Å². The van der Waals surface area contributed by atoms with Crippen LogP contribution in [0.1, 0.15) is 15.9 Å². The predicted octanol–water partition coefficient (Wildman–Crippen LogP) is 2.44. The van der Waals surface area contributed by atoms with Gasteiger partial charge in [0, 0.05) is 29.5 Å². The van der Waals surface area contributed by atoms with E-state index in [0.29, 0.717) is 27.3 Å². The number of hydrogen-bond donors (Lipinski definition) is 2. The molecule has 8 nitrogen and oxygen atoms in total. The number of nitrogens with one attached hydrogen (secondary N) is 1. The molecule has 2 aromatic rings. The van der Waals surface area contributed by atoms with Crippen molar-refractivity contribution in [3.63, 3.8) is 0 Å². The molecule has 1 heterocycles. The first-order valence-corrected chi connectivity index (χ1v) is 8.19. The van der Waals surface area contributed by atoms with E-state index in [2.05, 4.69) is 22.1 Å². The van der Waals surface area contributed by atoms with Gasteiger partial charge in [0.2, 0.25) is 11.0 Å². The molecule has 0 radical (unpaired) electrons. The summed E-state index contributed by atoms with van der Waals surface area (Å²) in [7, 11) is 0. The number of anilines is 1. The summed E-state index contributed by atoms with van der Waals surface area (Å²) in [6.07, 6.45) is 1.71. The lowest BCUT2D eigenvalue weighted by molar-refractivity contribution is -0.385. The third-order valence-electron chi connectivity index (χ3n) is 2.72. The smallest absolute Gasteiger partial charge is 0.274 e. The third kappa shape index (κ3) is 4.50. The molecule has 0 saturated heterocycles. The third-order valence-corrected chi connectivity index (χ3v) is 4.78. The highest BCUT2D eigenvalue weighted by Gasteiger charge is 2.17. The largest absolute Gasteiger partial charge is 0.366 e. The summed E-state index contributed by atoms with van der Waals surface area (Å²) in [4.78, 5) is 21.7. The fourth-order valence-corrected chi connectivity index (χ4v) is 3.40. The van der Waals surface area contributed by atoms with E-state index in [0.717, 1.165) is 0 Å². The minimum Gasteiger partial charge on any atom is -0.366 e. The van der Waals surface area contributed by atoms with Crippen molar-refractivity contribution in [2.75, 3.05) is 11.9 Å². The van der Waals surface area contributed by atoms with Crippen LogP contribution in [0, 0.1) is 10.1 Å². The van der Waals surface area contributed by atoms with E-state index in [1.54, 1.807) is 6.08 Å². The van der Waals surface area contributed by atoms with Gasteiger partial charge in [0.15, 0.2) is 4.34 Å². The van der Waals surface area contributed by atoms with Crippen LogP contribution in [0.15, 0.2) is 35.2 Å². The number of carbonyl (C=O) groups excluding carboxylic acids is 1. The maximum atomic E-state index is 11.1. The Morgan fingerprint density at radius 1 is 1.52 bits per heavy atom. The molecule has 23 heavy (non-hydrogen) atoms. The first-order valence-electron chi connectivity index (χ1n) is 6.39. The summed E-state index contributed by atoms with van der Waals surface area (Å²) >= 11 is 2.68. The summed E-state index contributed by atoms with van der Waals surface area (Å²) in [5.74, 6) is -0.361. The predicted molar refractivity (Wildman–Crippen MR) is 89.8 cm³/mol. The van der Waals surface area contributed by atoms with Gasteiger partial charge in [-0.15, -0.1) is 16.8 Å². The van der Waals surface area contributed by atoms with Crippen molar-refractivity contribution in [2.24, 2.45) is 5.73 Å². The van der Waals surface area contributed by atoms with Crippen molar-refractivity contribution in [1.82, 2.24) is 10.2 Å². The number of hydrogen-bond acceptors (Lipinski definition) is 8. The lowest BCUT2D eigenvalue weighted by Crippen LogP contribution is -2.11. The Balaban J connectivity index is 2.10. The number of primary amides is 1. The number of nitro groups is 1. The van der Waals surface area contributed by atoms with Crippen molar-refractivity contribution >= 4 is 39.8 Å². The second kappa shape index (κ2) is 7.70. The van der Waals surface area contributed by atoms with Crippen molar-refractivity contribution < 1.29 is 9.72 Å². The highest BCUT2D eigenvalue weighted by atomic mass is 32.2. The summed E-state index contributed by atoms with van der Waals surface area (Å²) in [6.45, 7) is 4.18. The molecule has 3 N–H and O–H groups in total. The molecule has 0 atom stereocenters. The molecule has 0 aliphatic carbocycles. The number of benzene rings is 1. The minimum atomic E-state index is -0.700. The van der Waals surface area contributed by atoms with Crippen molar-refractivity contribution in [1.29, 1.82) is 0 Å². The van der Waals surface area contributed by atoms with Crippen LogP contribution >= 0.6 is 23.1 Å². The quantitative estimate of drug-likeness (QED) is 0.324. The minimum absolute atomic E-state index is 0.109. The summed E-state index contributed by atoms with van der Waals surface area (Å²) in [5.41, 5.74) is 5.60. The SMILES string of the molecule is C=CCNc1nnc(SCc2ccc(C(N)=O)cc2[N+](=O)[O-])s1. The normalized spacial score (nSPS) is 10.3. The molecule has 0 bridgehead atoms. The second-order valence-corrected chi connectivity index (χ2v) is 6.50. The lowest BCUT2D eigenvalue weighted by atomic mass is 10.1. The van der Waals surface area contributed by atoms with E-state index >= 15 is 0 Å². The van der Waals surface area contributed by atoms with Gasteiger partial charge < -0.3 is 11.1 Å². The monoisotopic (exact) mass is 351 g/mol. The first-order chi connectivity index (χ1) is 11.0. The highest BCUT2D eigenvalue weighted by Crippen LogP contribution is 2.31. The number of aromatic nitrogens is 2. The molecule has 1 aromatic heterocycles. The second-order valence-electron chi connectivity index (χ2n) is 4.30. The van der Waals surface area contributed by atoms with Crippen molar-refractivity contribution in [3.8, 4) is 0 Å². The lowest BCUT2D eigenvalue weighted by Gasteiger charge is -2.03. The van der Waals surface area contributed by atoms with Gasteiger partial charge >= 0.3 is 0 Å². The molecule has 0 spiro atoms. The van der Waals surface area contributed by atoms with Crippen LogP contribution in [0.4, 0.5) is 10.8 Å². The highest BCUT2D eigenvalue weighted by molar-refractivity contribution is 8.00. The maximum absolute atomic E-state index is 11.1. The van der Waals surface area contributed by atoms with Crippen LogP contribution in [-0.2, 0) is 5.75 Å². The molecule has 0 aliphatic rings. The number of nitrogens with two attached hydrogens (primary N) is 1. The van der Waals surface area contributed by atoms with Crippen molar-refractivity contribution in [2.45, 2.75) is 10.1 Å². The Morgan fingerprint density at radius 3 is 2.96 bits per heavy atom. The number of rotatable bonds is 8. The Morgan fingerprint density at radius 2 is 2.30 bits per heavy atom. The van der Waals surface area contributed by atoms with Crippen LogP contribution < -0.4 is 11.1 Å². The number of nitro benzene ring substituents is 1. The Hall–Kier alpha value is -2.46. The Labute approximate surface area is 139 Å². The number of carbonyl (C=O) groups is 1. The zero-order valence-electron chi connectivity index (χ0n) is 11.9. The van der Waals surface area contributed by atoms with Gasteiger partial charge in [-0.05, 0) is 6.07 Å². The molecule has 120 valence electrons. The van der Waals surface area contributed by atoms with Crippen LogP contribution in [-0.4, -0.2) is 27.6 Å². The van der Waals surface area contributed by atoms with E-state index in [9.17, 15) is 14.9 Å². The average Bonchev–Trinajstić information content (AvgIpc) is 2.98. The molecule has 1 aromatic carbocycles. The van der Waals surface area contributed by atoms with Gasteiger partial charge in [0.1, 0.15) is 0 Å². The van der Waals surface area contributed by atoms with Crippen molar-refractivity contribution in [3.05, 3.63) is 52.1 Å². The number of thioether (sulfide) groups is 1. The summed E-state index contributed by atoms with van der Waals surface area (Å²) < 4.78 is 0.685. The molecular weight excluding hydrogens is 338 g/mol. The van der Waals surface area contributed by atoms with E-state index < -0.39 is 10.8 Å². The Kier molecular flexibility index (Phi) is 5.66. The fraction of sp³-hybridized carbons (Fsp3) is 0.154. The maximum Gasteiger partial charge on any atom is 0.274 e. The molecule has 0 saturated carbocycles. The molecular formula is C13H13N5O3S2. The molecule has 10 heteroatoms. The van der Waals surface area contributed by atoms with Gasteiger partial charge in [-0.2, -0.15) is 0 Å². The van der Waals surface area contributed by atoms with Crippen LogP contribution in [0.3, 0.4) is 0 Å². The van der Waals surface area contributed by atoms with E-state index in [4.69, 9.17) is 5.73 Å². The van der Waals surface area contributed by atoms with Gasteiger partial charge in [0.05, 0.1) is 4.92 Å². The molecule has 0 unspecified atom stereocenters. The van der Waals surface area contributed by atoms with Crippen LogP contribution in [0.5, 0.6) is 0 Å². The molecule has 2 rings (SSSR count). The molecule has 1 amide bonds. The average molecular weight is 351 g/mol. The first kappa shape index (κ1) is 16.9. The van der Waals surface area contributed by atoms with E-state index in [-0.39, 0.29) is 11.3 Å². The van der Waals surface area contributed by atoms with Gasteiger partial charge in [-0.3, -0.25) is 14.9 Å². The summed E-state index contributed by atoms with van der Waals surface area (Å²) in [5, 5.41) is 22.8. The van der Waals surface area contributed by atoms with E-state index in [1.807, 2.05) is 0 Å². The zero-order valence-corrected chi connectivity index (χ0v) is 13.5. The summed E-state index contributed by atoms with van der Waals surface area (Å²) in [6, 6.07) is 4.20. The molecule has 0 aliphatic heterocycles. The molecule has 0 fully saturated rings. The fourth-order valence-electron chi connectivity index (χ4n) is 1.65.